The summed E-state index contributed by atoms with van der Waals surface area (Å²) in [6.45, 7) is 2.72. The summed E-state index contributed by atoms with van der Waals surface area (Å²) in [5.41, 5.74) is 6.39. The third kappa shape index (κ3) is 3.89. The highest BCUT2D eigenvalue weighted by molar-refractivity contribution is 5.92. The molecule has 168 valence electrons. The third-order valence-corrected chi connectivity index (χ3v) is 6.30. The largest absolute Gasteiger partial charge is 0.497 e. The highest BCUT2D eigenvalue weighted by atomic mass is 16.5. The second-order valence-corrected chi connectivity index (χ2v) is 8.35. The van der Waals surface area contributed by atoms with Crippen molar-refractivity contribution in [1.29, 1.82) is 0 Å². The molecule has 1 atom stereocenters. The first-order valence-corrected chi connectivity index (χ1v) is 11.0. The Bertz CT molecular complexity index is 1310. The molecule has 5 rings (SSSR count). The average Bonchev–Trinajstić information content (AvgIpc) is 3.21. The Morgan fingerprint density at radius 1 is 1.00 bits per heavy atom. The van der Waals surface area contributed by atoms with Gasteiger partial charge in [-0.1, -0.05) is 29.8 Å². The van der Waals surface area contributed by atoms with Crippen molar-refractivity contribution in [2.45, 2.75) is 19.4 Å². The van der Waals surface area contributed by atoms with Gasteiger partial charge in [0.1, 0.15) is 11.5 Å². The molecule has 2 N–H and O–H groups in total. The van der Waals surface area contributed by atoms with Gasteiger partial charge in [-0.05, 0) is 60.9 Å². The molecular weight excluding hydrogens is 414 g/mol. The van der Waals surface area contributed by atoms with E-state index >= 15 is 0 Å². The molecule has 3 aromatic carbocycles. The number of hydrogen-bond donors (Lipinski definition) is 2. The quantitative estimate of drug-likeness (QED) is 0.429. The van der Waals surface area contributed by atoms with Gasteiger partial charge in [0.05, 0.1) is 20.3 Å². The number of nitrogens with one attached hydrogen (secondary N) is 2. The van der Waals surface area contributed by atoms with Crippen LogP contribution in [0.25, 0.3) is 10.9 Å². The predicted molar refractivity (Wildman–Crippen MR) is 130 cm³/mol. The lowest BCUT2D eigenvalue weighted by molar-refractivity contribution is 0.193. The molecule has 6 nitrogen and oxygen atoms in total. The molecule has 1 aliphatic heterocycles. The number of aromatic amines is 1. The van der Waals surface area contributed by atoms with Gasteiger partial charge < -0.3 is 24.7 Å². The molecule has 4 aromatic rings. The van der Waals surface area contributed by atoms with Gasteiger partial charge in [-0.25, -0.2) is 4.79 Å². The molecule has 33 heavy (non-hydrogen) atoms. The van der Waals surface area contributed by atoms with Gasteiger partial charge in [-0.2, -0.15) is 0 Å². The zero-order valence-corrected chi connectivity index (χ0v) is 19.0. The van der Waals surface area contributed by atoms with E-state index in [2.05, 4.69) is 35.4 Å². The molecule has 1 aromatic heterocycles. The number of carbonyl (C=O) groups is 1. The summed E-state index contributed by atoms with van der Waals surface area (Å²) in [6.07, 6.45) is 0.789. The molecule has 0 spiro atoms. The topological polar surface area (TPSA) is 66.6 Å². The van der Waals surface area contributed by atoms with Crippen molar-refractivity contribution < 1.29 is 14.3 Å². The van der Waals surface area contributed by atoms with Gasteiger partial charge in [0.2, 0.25) is 0 Å². The molecule has 1 unspecified atom stereocenters. The van der Waals surface area contributed by atoms with Gasteiger partial charge in [-0.3, -0.25) is 0 Å². The van der Waals surface area contributed by atoms with E-state index in [0.717, 1.165) is 28.9 Å². The van der Waals surface area contributed by atoms with E-state index in [4.69, 9.17) is 9.47 Å². The van der Waals surface area contributed by atoms with Gasteiger partial charge in [0, 0.05) is 34.9 Å². The highest BCUT2D eigenvalue weighted by Crippen LogP contribution is 2.39. The number of methoxy groups -OCH3 is 2. The number of urea groups is 1. The second kappa shape index (κ2) is 8.54. The van der Waals surface area contributed by atoms with Crippen LogP contribution in [0, 0.1) is 6.92 Å². The van der Waals surface area contributed by atoms with E-state index in [-0.39, 0.29) is 12.1 Å². The number of fused-ring (bicyclic) bond motifs is 3. The number of benzene rings is 3. The molecule has 2 heterocycles. The lowest BCUT2D eigenvalue weighted by Crippen LogP contribution is -2.43. The first-order valence-electron chi connectivity index (χ1n) is 11.0. The van der Waals surface area contributed by atoms with Crippen molar-refractivity contribution in [3.05, 3.63) is 89.1 Å². The molecule has 2 amide bonds. The van der Waals surface area contributed by atoms with E-state index in [1.807, 2.05) is 53.4 Å². The Morgan fingerprint density at radius 3 is 2.55 bits per heavy atom. The fourth-order valence-corrected chi connectivity index (χ4v) is 4.65. The smallest absolute Gasteiger partial charge is 0.322 e. The molecule has 0 bridgehead atoms. The van der Waals surface area contributed by atoms with E-state index in [0.29, 0.717) is 18.0 Å². The maximum absolute atomic E-state index is 13.5. The van der Waals surface area contributed by atoms with Crippen LogP contribution in [0.3, 0.4) is 0 Å². The number of aryl methyl sites for hydroxylation is 1. The van der Waals surface area contributed by atoms with Crippen LogP contribution in [0.1, 0.15) is 28.4 Å². The number of hydrogen-bond acceptors (Lipinski definition) is 3. The monoisotopic (exact) mass is 441 g/mol. The lowest BCUT2D eigenvalue weighted by atomic mass is 9.92. The molecule has 0 fully saturated rings. The first kappa shape index (κ1) is 20.9. The van der Waals surface area contributed by atoms with Crippen LogP contribution >= 0.6 is 0 Å². The average molecular weight is 442 g/mol. The Kier molecular flexibility index (Phi) is 5.42. The van der Waals surface area contributed by atoms with Crippen LogP contribution in [0.2, 0.25) is 0 Å². The van der Waals surface area contributed by atoms with Crippen LogP contribution in [-0.4, -0.2) is 36.7 Å². The van der Waals surface area contributed by atoms with Crippen molar-refractivity contribution >= 4 is 22.6 Å². The number of ether oxygens (including phenoxy) is 2. The fourth-order valence-electron chi connectivity index (χ4n) is 4.65. The van der Waals surface area contributed by atoms with E-state index in [1.54, 1.807) is 14.2 Å². The Balaban J connectivity index is 1.56. The Morgan fingerprint density at radius 2 is 1.79 bits per heavy atom. The Hall–Kier alpha value is -3.93. The van der Waals surface area contributed by atoms with Crippen molar-refractivity contribution in [3.63, 3.8) is 0 Å². The SMILES string of the molecule is COc1ccc(C2c3[nH]c4ccc(C)cc4c3CCN2C(=O)Nc2cccc(OC)c2)cc1. The van der Waals surface area contributed by atoms with E-state index < -0.39 is 0 Å². The summed E-state index contributed by atoms with van der Waals surface area (Å²) in [7, 11) is 3.27. The van der Waals surface area contributed by atoms with Crippen molar-refractivity contribution in [2.75, 3.05) is 26.1 Å². The number of amides is 2. The fraction of sp³-hybridized carbons (Fsp3) is 0.222. The first-order chi connectivity index (χ1) is 16.1. The Labute approximate surface area is 193 Å². The molecule has 0 aliphatic carbocycles. The summed E-state index contributed by atoms with van der Waals surface area (Å²) in [5.74, 6) is 1.49. The van der Waals surface area contributed by atoms with Gasteiger partial charge in [0.25, 0.3) is 0 Å². The summed E-state index contributed by atoms with van der Waals surface area (Å²) in [6, 6.07) is 21.4. The maximum atomic E-state index is 13.5. The number of H-pyrrole nitrogens is 1. The molecule has 0 radical (unpaired) electrons. The standard InChI is InChI=1S/C27H27N3O3/c1-17-7-12-24-23(15-17)22-13-14-30(27(31)28-19-5-4-6-21(16-19)33-3)26(25(22)29-24)18-8-10-20(32-2)11-9-18/h4-12,15-16,26,29H,13-14H2,1-3H3,(H,28,31). The van der Waals surface area contributed by atoms with Crippen LogP contribution in [0.5, 0.6) is 11.5 Å². The van der Waals surface area contributed by atoms with E-state index in [1.165, 1.54) is 16.5 Å². The zero-order chi connectivity index (χ0) is 22.9. The van der Waals surface area contributed by atoms with Gasteiger partial charge in [-0.15, -0.1) is 0 Å². The zero-order valence-electron chi connectivity index (χ0n) is 19.0. The third-order valence-electron chi connectivity index (χ3n) is 6.30. The summed E-state index contributed by atoms with van der Waals surface area (Å²) in [5, 5.41) is 4.28. The number of carbonyl (C=O) groups excluding carboxylic acids is 1. The van der Waals surface area contributed by atoms with Crippen molar-refractivity contribution in [1.82, 2.24) is 9.88 Å². The molecule has 6 heteroatoms. The second-order valence-electron chi connectivity index (χ2n) is 8.35. The highest BCUT2D eigenvalue weighted by Gasteiger charge is 2.34. The van der Waals surface area contributed by atoms with Crippen LogP contribution in [0.15, 0.2) is 66.7 Å². The van der Waals surface area contributed by atoms with Crippen LogP contribution < -0.4 is 14.8 Å². The summed E-state index contributed by atoms with van der Waals surface area (Å²) < 4.78 is 10.7. The number of anilines is 1. The number of aromatic nitrogens is 1. The van der Waals surface area contributed by atoms with Gasteiger partial charge >= 0.3 is 6.03 Å². The van der Waals surface area contributed by atoms with Crippen LogP contribution in [0.4, 0.5) is 10.5 Å². The summed E-state index contributed by atoms with van der Waals surface area (Å²) >= 11 is 0. The molecule has 1 aliphatic rings. The van der Waals surface area contributed by atoms with Gasteiger partial charge in [0.15, 0.2) is 0 Å². The number of rotatable bonds is 4. The molecule has 0 saturated carbocycles. The van der Waals surface area contributed by atoms with Crippen molar-refractivity contribution in [3.8, 4) is 11.5 Å². The molecular formula is C27H27N3O3. The normalized spacial score (nSPS) is 15.2. The maximum Gasteiger partial charge on any atom is 0.322 e. The summed E-state index contributed by atoms with van der Waals surface area (Å²) in [4.78, 5) is 19.0. The minimum atomic E-state index is -0.238. The lowest BCUT2D eigenvalue weighted by Gasteiger charge is -2.36. The minimum Gasteiger partial charge on any atom is -0.497 e. The number of nitrogens with zero attached hydrogens (tertiary/aromatic N) is 1. The van der Waals surface area contributed by atoms with Crippen molar-refractivity contribution in [2.24, 2.45) is 0 Å². The minimum absolute atomic E-state index is 0.149. The van der Waals surface area contributed by atoms with E-state index in [9.17, 15) is 4.79 Å². The molecule has 0 saturated heterocycles. The van der Waals surface area contributed by atoms with Crippen LogP contribution in [-0.2, 0) is 6.42 Å². The predicted octanol–water partition coefficient (Wildman–Crippen LogP) is 5.67.